The molecule has 9 nitrogen and oxygen atoms in total. The molecule has 4 rings (SSSR count). The summed E-state index contributed by atoms with van der Waals surface area (Å²) in [6, 6.07) is 6.96. The monoisotopic (exact) mass is 422 g/mol. The SMILES string of the molecule is CCn1ncc2c(NC3CCOCC3)c(C(=O)Nc3ccc(C(=O)NC)cc3)cnc21. The van der Waals surface area contributed by atoms with Gasteiger partial charge in [0, 0.05) is 50.3 Å². The molecule has 3 aromatic rings. The molecule has 162 valence electrons. The molecule has 3 N–H and O–H groups in total. The lowest BCUT2D eigenvalue weighted by Crippen LogP contribution is -2.29. The summed E-state index contributed by atoms with van der Waals surface area (Å²) in [4.78, 5) is 29.4. The van der Waals surface area contributed by atoms with Crippen molar-refractivity contribution in [3.63, 3.8) is 0 Å². The average Bonchev–Trinajstić information content (AvgIpc) is 3.23. The Morgan fingerprint density at radius 2 is 1.87 bits per heavy atom. The van der Waals surface area contributed by atoms with Crippen molar-refractivity contribution >= 4 is 34.2 Å². The van der Waals surface area contributed by atoms with Crippen molar-refractivity contribution in [2.75, 3.05) is 30.9 Å². The first kappa shape index (κ1) is 20.8. The molecule has 1 fully saturated rings. The van der Waals surface area contributed by atoms with Gasteiger partial charge in [-0.2, -0.15) is 5.10 Å². The summed E-state index contributed by atoms with van der Waals surface area (Å²) in [5, 5.41) is 14.2. The first-order valence-corrected chi connectivity index (χ1v) is 10.4. The first-order valence-electron chi connectivity index (χ1n) is 10.4. The first-order chi connectivity index (χ1) is 15.1. The molecule has 0 radical (unpaired) electrons. The molecule has 0 saturated carbocycles. The number of benzene rings is 1. The van der Waals surface area contributed by atoms with Crippen LogP contribution >= 0.6 is 0 Å². The largest absolute Gasteiger partial charge is 0.381 e. The molecular weight excluding hydrogens is 396 g/mol. The molecule has 0 unspecified atom stereocenters. The number of rotatable bonds is 6. The van der Waals surface area contributed by atoms with Gasteiger partial charge in [-0.1, -0.05) is 0 Å². The van der Waals surface area contributed by atoms with Gasteiger partial charge in [-0.25, -0.2) is 9.67 Å². The fraction of sp³-hybridized carbons (Fsp3) is 0.364. The molecule has 31 heavy (non-hydrogen) atoms. The molecule has 2 amide bonds. The Kier molecular flexibility index (Phi) is 6.13. The Labute approximate surface area is 180 Å². The van der Waals surface area contributed by atoms with Crippen LogP contribution in [0.15, 0.2) is 36.7 Å². The molecule has 1 aliphatic rings. The van der Waals surface area contributed by atoms with Gasteiger partial charge in [0.1, 0.15) is 0 Å². The number of aryl methyl sites for hydroxylation is 1. The van der Waals surface area contributed by atoms with Crippen LogP contribution in [0.1, 0.15) is 40.5 Å². The van der Waals surface area contributed by atoms with Crippen LogP contribution < -0.4 is 16.0 Å². The van der Waals surface area contributed by atoms with Crippen LogP contribution in [-0.2, 0) is 11.3 Å². The van der Waals surface area contributed by atoms with Gasteiger partial charge in [0.2, 0.25) is 0 Å². The number of pyridine rings is 1. The summed E-state index contributed by atoms with van der Waals surface area (Å²) in [6.07, 6.45) is 5.08. The number of nitrogens with zero attached hydrogens (tertiary/aromatic N) is 3. The molecule has 1 aliphatic heterocycles. The van der Waals surface area contributed by atoms with E-state index in [1.807, 2.05) is 11.6 Å². The van der Waals surface area contributed by atoms with Crippen molar-refractivity contribution < 1.29 is 14.3 Å². The molecule has 3 heterocycles. The zero-order valence-corrected chi connectivity index (χ0v) is 17.6. The lowest BCUT2D eigenvalue weighted by atomic mass is 10.1. The van der Waals surface area contributed by atoms with Gasteiger partial charge in [0.15, 0.2) is 5.65 Å². The van der Waals surface area contributed by atoms with Gasteiger partial charge < -0.3 is 20.7 Å². The number of nitrogens with one attached hydrogen (secondary N) is 3. The second kappa shape index (κ2) is 9.13. The number of anilines is 2. The van der Waals surface area contributed by atoms with E-state index in [1.165, 1.54) is 0 Å². The average molecular weight is 422 g/mol. The predicted molar refractivity (Wildman–Crippen MR) is 118 cm³/mol. The van der Waals surface area contributed by atoms with Gasteiger partial charge >= 0.3 is 0 Å². The van der Waals surface area contributed by atoms with Gasteiger partial charge in [0.25, 0.3) is 11.8 Å². The summed E-state index contributed by atoms with van der Waals surface area (Å²) in [5.74, 6) is -0.454. The minimum Gasteiger partial charge on any atom is -0.381 e. The minimum atomic E-state index is -0.277. The topological polar surface area (TPSA) is 110 Å². The number of hydrogen-bond acceptors (Lipinski definition) is 6. The fourth-order valence-electron chi connectivity index (χ4n) is 3.68. The third-order valence-corrected chi connectivity index (χ3v) is 5.41. The minimum absolute atomic E-state index is 0.177. The van der Waals surface area contributed by atoms with E-state index in [1.54, 1.807) is 43.7 Å². The smallest absolute Gasteiger partial charge is 0.259 e. The van der Waals surface area contributed by atoms with Crippen LogP contribution in [-0.4, -0.2) is 52.9 Å². The molecule has 0 bridgehead atoms. The highest BCUT2D eigenvalue weighted by molar-refractivity contribution is 6.12. The van der Waals surface area contributed by atoms with Crippen LogP contribution in [0.5, 0.6) is 0 Å². The highest BCUT2D eigenvalue weighted by Gasteiger charge is 2.22. The molecule has 1 aromatic carbocycles. The third kappa shape index (κ3) is 4.36. The summed E-state index contributed by atoms with van der Waals surface area (Å²) < 4.78 is 7.27. The third-order valence-electron chi connectivity index (χ3n) is 5.41. The number of ether oxygens (including phenoxy) is 1. The Bertz CT molecular complexity index is 1090. The lowest BCUT2D eigenvalue weighted by molar-refractivity contribution is 0.0904. The quantitative estimate of drug-likeness (QED) is 0.563. The van der Waals surface area contributed by atoms with Gasteiger partial charge in [0.05, 0.1) is 22.8 Å². The number of carbonyl (C=O) groups is 2. The van der Waals surface area contributed by atoms with E-state index in [2.05, 4.69) is 26.0 Å². The molecule has 0 aliphatic carbocycles. The van der Waals surface area contributed by atoms with Crippen LogP contribution in [0.2, 0.25) is 0 Å². The lowest BCUT2D eigenvalue weighted by Gasteiger charge is -2.25. The number of hydrogen-bond donors (Lipinski definition) is 3. The van der Waals surface area contributed by atoms with E-state index in [9.17, 15) is 9.59 Å². The van der Waals surface area contributed by atoms with E-state index in [0.717, 1.165) is 29.6 Å². The van der Waals surface area contributed by atoms with Crippen molar-refractivity contribution in [2.45, 2.75) is 32.4 Å². The predicted octanol–water partition coefficient (Wildman–Crippen LogP) is 2.65. The maximum atomic E-state index is 13.1. The number of carbonyl (C=O) groups excluding carboxylic acids is 2. The molecule has 1 saturated heterocycles. The van der Waals surface area contributed by atoms with E-state index in [0.29, 0.717) is 36.6 Å². The number of aromatic nitrogens is 3. The summed E-state index contributed by atoms with van der Waals surface area (Å²) in [6.45, 7) is 4.08. The molecule has 2 aromatic heterocycles. The van der Waals surface area contributed by atoms with Crippen LogP contribution in [0, 0.1) is 0 Å². The fourth-order valence-corrected chi connectivity index (χ4v) is 3.68. The summed E-state index contributed by atoms with van der Waals surface area (Å²) in [7, 11) is 1.58. The molecule has 0 atom stereocenters. The zero-order chi connectivity index (χ0) is 21.8. The second-order valence-corrected chi connectivity index (χ2v) is 7.39. The highest BCUT2D eigenvalue weighted by atomic mass is 16.5. The normalized spacial score (nSPS) is 14.4. The molecular formula is C22H26N6O3. The maximum absolute atomic E-state index is 13.1. The van der Waals surface area contributed by atoms with Crippen LogP contribution in [0.4, 0.5) is 11.4 Å². The van der Waals surface area contributed by atoms with E-state index < -0.39 is 0 Å². The number of fused-ring (bicyclic) bond motifs is 1. The Balaban J connectivity index is 1.64. The van der Waals surface area contributed by atoms with Gasteiger partial charge in [-0.15, -0.1) is 0 Å². The highest BCUT2D eigenvalue weighted by Crippen LogP contribution is 2.29. The van der Waals surface area contributed by atoms with Crippen molar-refractivity contribution in [3.8, 4) is 0 Å². The van der Waals surface area contributed by atoms with E-state index >= 15 is 0 Å². The standard InChI is InChI=1S/C22H26N6O3/c1-3-28-20-17(13-25-28)19(26-16-8-10-31-11-9-16)18(12-24-20)22(30)27-15-6-4-14(5-7-15)21(29)23-2/h4-7,12-13,16H,3,8-11H2,1-2H3,(H,23,29)(H,24,26)(H,27,30). The number of amides is 2. The summed E-state index contributed by atoms with van der Waals surface area (Å²) >= 11 is 0. The second-order valence-electron chi connectivity index (χ2n) is 7.39. The van der Waals surface area contributed by atoms with Crippen molar-refractivity contribution in [1.82, 2.24) is 20.1 Å². The Morgan fingerprint density at radius 1 is 1.13 bits per heavy atom. The Hall–Kier alpha value is -3.46. The zero-order valence-electron chi connectivity index (χ0n) is 17.6. The van der Waals surface area contributed by atoms with Crippen molar-refractivity contribution in [1.29, 1.82) is 0 Å². The van der Waals surface area contributed by atoms with E-state index in [4.69, 9.17) is 4.74 Å². The molecule has 0 spiro atoms. The van der Waals surface area contributed by atoms with Crippen LogP contribution in [0.25, 0.3) is 11.0 Å². The van der Waals surface area contributed by atoms with Crippen LogP contribution in [0.3, 0.4) is 0 Å². The van der Waals surface area contributed by atoms with Gasteiger partial charge in [-0.05, 0) is 44.0 Å². The molecule has 9 heteroatoms. The Morgan fingerprint density at radius 3 is 2.55 bits per heavy atom. The van der Waals surface area contributed by atoms with E-state index in [-0.39, 0.29) is 17.9 Å². The summed E-state index contributed by atoms with van der Waals surface area (Å²) in [5.41, 5.74) is 3.04. The maximum Gasteiger partial charge on any atom is 0.259 e. The van der Waals surface area contributed by atoms with Crippen molar-refractivity contribution in [3.05, 3.63) is 47.8 Å². The van der Waals surface area contributed by atoms with Crippen molar-refractivity contribution in [2.24, 2.45) is 0 Å². The van der Waals surface area contributed by atoms with Gasteiger partial charge in [-0.3, -0.25) is 9.59 Å².